The summed E-state index contributed by atoms with van der Waals surface area (Å²) >= 11 is 3.59. The molecule has 0 spiro atoms. The number of benzene rings is 1. The lowest BCUT2D eigenvalue weighted by molar-refractivity contribution is 0.386. The molecule has 0 aromatic heterocycles. The van der Waals surface area contributed by atoms with E-state index in [4.69, 9.17) is 0 Å². The van der Waals surface area contributed by atoms with E-state index in [-0.39, 0.29) is 0 Å². The van der Waals surface area contributed by atoms with Crippen molar-refractivity contribution in [3.05, 3.63) is 28.2 Å². The molecule has 1 aromatic carbocycles. The maximum absolute atomic E-state index is 3.65. The largest absolute Gasteiger partial charge is 0.366 e. The molecule has 2 atom stereocenters. The number of piperazine rings is 1. The summed E-state index contributed by atoms with van der Waals surface area (Å²) in [5, 5.41) is 3.65. The first-order valence-electron chi connectivity index (χ1n) is 6.88. The number of hydrogen-bond acceptors (Lipinski definition) is 2. The van der Waals surface area contributed by atoms with Crippen LogP contribution in [0.2, 0.25) is 0 Å². The van der Waals surface area contributed by atoms with E-state index in [0.29, 0.717) is 12.1 Å². The highest BCUT2D eigenvalue weighted by Gasteiger charge is 2.25. The molecule has 0 radical (unpaired) electrons. The molecule has 3 heteroatoms. The van der Waals surface area contributed by atoms with Gasteiger partial charge in [0.1, 0.15) is 0 Å². The van der Waals surface area contributed by atoms with Gasteiger partial charge in [0.2, 0.25) is 0 Å². The van der Waals surface area contributed by atoms with Crippen LogP contribution in [0.4, 0.5) is 5.69 Å². The second-order valence-electron chi connectivity index (χ2n) is 5.33. The summed E-state index contributed by atoms with van der Waals surface area (Å²) in [4.78, 5) is 2.55. The van der Waals surface area contributed by atoms with Gasteiger partial charge in [-0.15, -0.1) is 0 Å². The first-order chi connectivity index (χ1) is 8.61. The van der Waals surface area contributed by atoms with Crippen LogP contribution in [0.1, 0.15) is 32.3 Å². The highest BCUT2D eigenvalue weighted by molar-refractivity contribution is 9.10. The van der Waals surface area contributed by atoms with Gasteiger partial charge in [-0.25, -0.2) is 0 Å². The third-order valence-electron chi connectivity index (χ3n) is 3.77. The predicted octanol–water partition coefficient (Wildman–Crippen LogP) is 3.72. The Kier molecular flexibility index (Phi) is 4.68. The second-order valence-corrected chi connectivity index (χ2v) is 6.24. The van der Waals surface area contributed by atoms with E-state index in [0.717, 1.165) is 13.1 Å². The van der Waals surface area contributed by atoms with Gasteiger partial charge in [0.25, 0.3) is 0 Å². The lowest BCUT2D eigenvalue weighted by atomic mass is 10.0. The number of rotatable bonds is 3. The van der Waals surface area contributed by atoms with Gasteiger partial charge in [0.05, 0.1) is 0 Å². The highest BCUT2D eigenvalue weighted by Crippen LogP contribution is 2.28. The summed E-state index contributed by atoms with van der Waals surface area (Å²) in [5.41, 5.74) is 2.74. The average molecular weight is 311 g/mol. The number of anilines is 1. The SMILES string of the molecule is CCCC1CN(c2cc(Br)ccc2C)C(C)CN1. The van der Waals surface area contributed by atoms with E-state index in [2.05, 4.69) is 65.1 Å². The monoisotopic (exact) mass is 310 g/mol. The zero-order chi connectivity index (χ0) is 13.1. The Bertz CT molecular complexity index is 405. The number of nitrogens with zero attached hydrogens (tertiary/aromatic N) is 1. The molecule has 1 aliphatic heterocycles. The summed E-state index contributed by atoms with van der Waals surface area (Å²) in [6, 6.07) is 7.76. The van der Waals surface area contributed by atoms with Crippen molar-refractivity contribution in [2.45, 2.75) is 45.7 Å². The van der Waals surface area contributed by atoms with Crippen LogP contribution >= 0.6 is 15.9 Å². The van der Waals surface area contributed by atoms with Crippen LogP contribution in [-0.4, -0.2) is 25.2 Å². The van der Waals surface area contributed by atoms with Gasteiger partial charge < -0.3 is 10.2 Å². The van der Waals surface area contributed by atoms with Gasteiger partial charge in [0.15, 0.2) is 0 Å². The summed E-state index contributed by atoms with van der Waals surface area (Å²) in [6.45, 7) is 8.96. The van der Waals surface area contributed by atoms with E-state index >= 15 is 0 Å². The maximum Gasteiger partial charge on any atom is 0.0410 e. The standard InChI is InChI=1S/C15H23BrN2/c1-4-5-14-10-18(12(3)9-17-14)15-8-13(16)7-6-11(15)2/h6-8,12,14,17H,4-5,9-10H2,1-3H3. The van der Waals surface area contributed by atoms with Crippen molar-refractivity contribution < 1.29 is 0 Å². The van der Waals surface area contributed by atoms with Crippen molar-refractivity contribution >= 4 is 21.6 Å². The van der Waals surface area contributed by atoms with Crippen molar-refractivity contribution in [3.8, 4) is 0 Å². The fraction of sp³-hybridized carbons (Fsp3) is 0.600. The van der Waals surface area contributed by atoms with E-state index in [1.54, 1.807) is 0 Å². The highest BCUT2D eigenvalue weighted by atomic mass is 79.9. The normalized spacial score (nSPS) is 24.3. The zero-order valence-electron chi connectivity index (χ0n) is 11.5. The molecule has 0 amide bonds. The Morgan fingerprint density at radius 1 is 1.44 bits per heavy atom. The lowest BCUT2D eigenvalue weighted by Gasteiger charge is -2.41. The minimum Gasteiger partial charge on any atom is -0.366 e. The molecule has 0 bridgehead atoms. The molecule has 1 heterocycles. The maximum atomic E-state index is 3.65. The van der Waals surface area contributed by atoms with Crippen LogP contribution in [0.3, 0.4) is 0 Å². The van der Waals surface area contributed by atoms with Crippen molar-refractivity contribution in [2.24, 2.45) is 0 Å². The quantitative estimate of drug-likeness (QED) is 0.915. The van der Waals surface area contributed by atoms with Crippen LogP contribution in [-0.2, 0) is 0 Å². The fourth-order valence-corrected chi connectivity index (χ4v) is 3.05. The number of aryl methyl sites for hydroxylation is 1. The zero-order valence-corrected chi connectivity index (χ0v) is 13.1. The van der Waals surface area contributed by atoms with E-state index in [9.17, 15) is 0 Å². The van der Waals surface area contributed by atoms with Crippen molar-refractivity contribution in [2.75, 3.05) is 18.0 Å². The molecule has 1 fully saturated rings. The number of nitrogens with one attached hydrogen (secondary N) is 1. The van der Waals surface area contributed by atoms with E-state index < -0.39 is 0 Å². The molecular formula is C15H23BrN2. The molecule has 100 valence electrons. The summed E-state index contributed by atoms with van der Waals surface area (Å²) in [7, 11) is 0. The Morgan fingerprint density at radius 3 is 2.94 bits per heavy atom. The Balaban J connectivity index is 2.21. The van der Waals surface area contributed by atoms with E-state index in [1.807, 2.05) is 0 Å². The number of hydrogen-bond donors (Lipinski definition) is 1. The van der Waals surface area contributed by atoms with Crippen molar-refractivity contribution in [1.29, 1.82) is 0 Å². The molecule has 0 saturated carbocycles. The van der Waals surface area contributed by atoms with Crippen LogP contribution < -0.4 is 10.2 Å². The fourth-order valence-electron chi connectivity index (χ4n) is 2.70. The van der Waals surface area contributed by atoms with Crippen LogP contribution in [0, 0.1) is 6.92 Å². The molecule has 2 unspecified atom stereocenters. The Hall–Kier alpha value is -0.540. The predicted molar refractivity (Wildman–Crippen MR) is 82.4 cm³/mol. The van der Waals surface area contributed by atoms with Gasteiger partial charge in [-0.1, -0.05) is 35.3 Å². The first-order valence-corrected chi connectivity index (χ1v) is 7.67. The molecule has 1 aromatic rings. The van der Waals surface area contributed by atoms with Crippen molar-refractivity contribution in [3.63, 3.8) is 0 Å². The summed E-state index contributed by atoms with van der Waals surface area (Å²) < 4.78 is 1.17. The minimum atomic E-state index is 0.561. The summed E-state index contributed by atoms with van der Waals surface area (Å²) in [6.07, 6.45) is 2.51. The van der Waals surface area contributed by atoms with E-state index in [1.165, 1.54) is 28.6 Å². The molecular weight excluding hydrogens is 288 g/mol. The second kappa shape index (κ2) is 6.07. The summed E-state index contributed by atoms with van der Waals surface area (Å²) in [5.74, 6) is 0. The molecule has 18 heavy (non-hydrogen) atoms. The third-order valence-corrected chi connectivity index (χ3v) is 4.26. The Labute approximate surface area is 119 Å². The molecule has 1 N–H and O–H groups in total. The van der Waals surface area contributed by atoms with Crippen LogP contribution in [0.15, 0.2) is 22.7 Å². The third kappa shape index (κ3) is 3.07. The van der Waals surface area contributed by atoms with Gasteiger partial charge in [-0.05, 0) is 38.0 Å². The molecule has 1 saturated heterocycles. The van der Waals surface area contributed by atoms with Crippen LogP contribution in [0.5, 0.6) is 0 Å². The molecule has 1 aliphatic rings. The van der Waals surface area contributed by atoms with Crippen LogP contribution in [0.25, 0.3) is 0 Å². The van der Waals surface area contributed by atoms with Gasteiger partial charge in [-0.2, -0.15) is 0 Å². The minimum absolute atomic E-state index is 0.561. The van der Waals surface area contributed by atoms with Gasteiger partial charge >= 0.3 is 0 Å². The molecule has 2 rings (SSSR count). The van der Waals surface area contributed by atoms with Gasteiger partial charge in [-0.3, -0.25) is 0 Å². The smallest absolute Gasteiger partial charge is 0.0410 e. The topological polar surface area (TPSA) is 15.3 Å². The van der Waals surface area contributed by atoms with Crippen molar-refractivity contribution in [1.82, 2.24) is 5.32 Å². The Morgan fingerprint density at radius 2 is 2.22 bits per heavy atom. The average Bonchev–Trinajstić information content (AvgIpc) is 2.35. The lowest BCUT2D eigenvalue weighted by Crippen LogP contribution is -2.55. The number of halogens is 1. The molecule has 0 aliphatic carbocycles. The molecule has 2 nitrogen and oxygen atoms in total. The van der Waals surface area contributed by atoms with Gasteiger partial charge in [0, 0.05) is 35.3 Å². The first kappa shape index (κ1) is 13.9.